The van der Waals surface area contributed by atoms with Crippen LogP contribution in [0.1, 0.15) is 6.92 Å². The van der Waals surface area contributed by atoms with Gasteiger partial charge in [-0.05, 0) is 13.0 Å². The first kappa shape index (κ1) is 4.57. The van der Waals surface area contributed by atoms with Gasteiger partial charge >= 0.3 is 0 Å². The van der Waals surface area contributed by atoms with E-state index < -0.39 is 0 Å². The third-order valence-electron chi connectivity index (χ3n) is 1.17. The van der Waals surface area contributed by atoms with Crippen molar-refractivity contribution in [3.8, 4) is 0 Å². The Hall–Kier alpha value is -0.590. The summed E-state index contributed by atoms with van der Waals surface area (Å²) in [5.41, 5.74) is 0. The van der Waals surface area contributed by atoms with Gasteiger partial charge in [-0.1, -0.05) is 6.08 Å². The molecule has 0 aromatic rings. The molecule has 0 bridgehead atoms. The topological polar surface area (TPSA) is 3.01 Å². The molecule has 1 heteroatoms. The minimum Gasteiger partial charge on any atom is -0.223 e. The largest absolute Gasteiger partial charge is 0.228 e. The van der Waals surface area contributed by atoms with Crippen LogP contribution in [0.25, 0.3) is 0 Å². The van der Waals surface area contributed by atoms with Crippen molar-refractivity contribution >= 4 is 6.72 Å². The summed E-state index contributed by atoms with van der Waals surface area (Å²) < 4.78 is 2.04. The molecule has 1 aliphatic rings. The van der Waals surface area contributed by atoms with Crippen molar-refractivity contribution in [2.75, 3.05) is 6.54 Å². The molecule has 0 aliphatic carbocycles. The second-order valence-electron chi connectivity index (χ2n) is 1.86. The van der Waals surface area contributed by atoms with Crippen LogP contribution in [0, 0.1) is 0 Å². The van der Waals surface area contributed by atoms with Crippen LogP contribution >= 0.6 is 0 Å². The Kier molecular flexibility index (Phi) is 0.970. The summed E-state index contributed by atoms with van der Waals surface area (Å²) in [5.74, 6) is 0. The molecule has 1 aliphatic heterocycles. The summed E-state index contributed by atoms with van der Waals surface area (Å²) in [5, 5.41) is 0. The van der Waals surface area contributed by atoms with Crippen LogP contribution in [0.5, 0.6) is 0 Å². The van der Waals surface area contributed by atoms with Crippen LogP contribution < -0.4 is 0 Å². The van der Waals surface area contributed by atoms with E-state index >= 15 is 0 Å². The Morgan fingerprint density at radius 1 is 1.86 bits per heavy atom. The average Bonchev–Trinajstić information content (AvgIpc) is 2.22. The van der Waals surface area contributed by atoms with Gasteiger partial charge in [0.05, 0.1) is 0 Å². The van der Waals surface area contributed by atoms with E-state index in [2.05, 4.69) is 18.9 Å². The smallest absolute Gasteiger partial charge is 0.223 e. The SMILES string of the molecule is C=[N+]1CC1/C=C/C. The van der Waals surface area contributed by atoms with Gasteiger partial charge in [-0.25, -0.2) is 4.58 Å². The van der Waals surface area contributed by atoms with Crippen molar-refractivity contribution in [2.45, 2.75) is 13.0 Å². The molecular formula is C6H10N+. The van der Waals surface area contributed by atoms with E-state index in [0.29, 0.717) is 6.04 Å². The van der Waals surface area contributed by atoms with Crippen LogP contribution in [0.2, 0.25) is 0 Å². The first-order chi connectivity index (χ1) is 3.34. The van der Waals surface area contributed by atoms with Gasteiger partial charge in [-0.3, -0.25) is 0 Å². The van der Waals surface area contributed by atoms with Crippen LogP contribution in [-0.2, 0) is 0 Å². The molecule has 1 nitrogen and oxygen atoms in total. The molecule has 38 valence electrons. The predicted octanol–water partition coefficient (Wildman–Crippen LogP) is 0.658. The third kappa shape index (κ3) is 0.889. The zero-order valence-corrected chi connectivity index (χ0v) is 4.59. The number of hydrogen-bond acceptors (Lipinski definition) is 0. The zero-order chi connectivity index (χ0) is 5.28. The van der Waals surface area contributed by atoms with E-state index in [1.807, 2.05) is 11.5 Å². The lowest BCUT2D eigenvalue weighted by Crippen LogP contribution is -1.77. The highest BCUT2D eigenvalue weighted by Gasteiger charge is 2.34. The van der Waals surface area contributed by atoms with Gasteiger partial charge < -0.3 is 0 Å². The van der Waals surface area contributed by atoms with E-state index in [-0.39, 0.29) is 0 Å². The molecule has 0 aromatic heterocycles. The predicted molar refractivity (Wildman–Crippen MR) is 30.9 cm³/mol. The lowest BCUT2D eigenvalue weighted by molar-refractivity contribution is -0.341. The molecular weight excluding hydrogens is 86.1 g/mol. The second kappa shape index (κ2) is 1.49. The molecule has 0 N–H and O–H groups in total. The highest BCUT2D eigenvalue weighted by molar-refractivity contribution is 5.18. The maximum Gasteiger partial charge on any atom is 0.228 e. The van der Waals surface area contributed by atoms with Crippen molar-refractivity contribution < 1.29 is 4.58 Å². The molecule has 1 fully saturated rings. The molecule has 1 heterocycles. The monoisotopic (exact) mass is 96.1 g/mol. The molecule has 1 unspecified atom stereocenters. The van der Waals surface area contributed by atoms with Crippen LogP contribution in [0.3, 0.4) is 0 Å². The van der Waals surface area contributed by atoms with Crippen molar-refractivity contribution in [2.24, 2.45) is 0 Å². The molecule has 0 radical (unpaired) electrons. The highest BCUT2D eigenvalue weighted by atomic mass is 15.2. The Bertz CT molecular complexity index is 113. The van der Waals surface area contributed by atoms with E-state index in [9.17, 15) is 0 Å². The average molecular weight is 96.2 g/mol. The second-order valence-corrected chi connectivity index (χ2v) is 1.86. The Morgan fingerprint density at radius 3 is 2.57 bits per heavy atom. The molecule has 0 aromatic carbocycles. The lowest BCUT2D eigenvalue weighted by atomic mass is 10.4. The molecule has 0 spiro atoms. The van der Waals surface area contributed by atoms with Crippen molar-refractivity contribution in [3.05, 3.63) is 12.2 Å². The lowest BCUT2D eigenvalue weighted by Gasteiger charge is -1.62. The molecule has 1 saturated heterocycles. The van der Waals surface area contributed by atoms with Gasteiger partial charge in [-0.15, -0.1) is 0 Å². The molecule has 0 saturated carbocycles. The maximum absolute atomic E-state index is 3.73. The Morgan fingerprint density at radius 2 is 2.43 bits per heavy atom. The summed E-state index contributed by atoms with van der Waals surface area (Å²) >= 11 is 0. The first-order valence-electron chi connectivity index (χ1n) is 2.54. The van der Waals surface area contributed by atoms with E-state index in [1.165, 1.54) is 0 Å². The number of rotatable bonds is 1. The van der Waals surface area contributed by atoms with Crippen molar-refractivity contribution in [3.63, 3.8) is 0 Å². The Labute approximate surface area is 44.0 Å². The Balaban J connectivity index is 2.34. The van der Waals surface area contributed by atoms with Gasteiger partial charge in [0.15, 0.2) is 0 Å². The van der Waals surface area contributed by atoms with Gasteiger partial charge in [0.1, 0.15) is 6.72 Å². The van der Waals surface area contributed by atoms with Gasteiger partial charge in [0.25, 0.3) is 0 Å². The summed E-state index contributed by atoms with van der Waals surface area (Å²) in [6.45, 7) is 6.91. The van der Waals surface area contributed by atoms with Crippen molar-refractivity contribution in [1.29, 1.82) is 0 Å². The minimum atomic E-state index is 0.657. The summed E-state index contributed by atoms with van der Waals surface area (Å²) in [4.78, 5) is 0. The molecule has 1 rings (SSSR count). The standard InChI is InChI=1S/C6H10N/c1-3-4-6-5-7(6)2/h3-4,6H,2,5H2,1H3/q+1/b4-3+. The number of allylic oxidation sites excluding steroid dienone is 1. The minimum absolute atomic E-state index is 0.657. The van der Waals surface area contributed by atoms with Gasteiger partial charge in [-0.2, -0.15) is 0 Å². The number of hydrogen-bond donors (Lipinski definition) is 0. The normalized spacial score (nSPS) is 29.3. The fourth-order valence-electron chi connectivity index (χ4n) is 0.598. The summed E-state index contributed by atoms with van der Waals surface area (Å²) in [6.07, 6.45) is 4.23. The highest BCUT2D eigenvalue weighted by Crippen LogP contribution is 2.07. The van der Waals surface area contributed by atoms with Crippen LogP contribution in [-0.4, -0.2) is 23.9 Å². The maximum atomic E-state index is 3.73. The third-order valence-corrected chi connectivity index (χ3v) is 1.17. The first-order valence-corrected chi connectivity index (χ1v) is 2.54. The quantitative estimate of drug-likeness (QED) is 0.256. The summed E-state index contributed by atoms with van der Waals surface area (Å²) in [7, 11) is 0. The van der Waals surface area contributed by atoms with E-state index in [1.54, 1.807) is 0 Å². The summed E-state index contributed by atoms with van der Waals surface area (Å²) in [6, 6.07) is 0.657. The van der Waals surface area contributed by atoms with Gasteiger partial charge in [0, 0.05) is 0 Å². The fourth-order valence-corrected chi connectivity index (χ4v) is 0.598. The fraction of sp³-hybridized carbons (Fsp3) is 0.500. The number of nitrogens with zero attached hydrogens (tertiary/aromatic N) is 1. The van der Waals surface area contributed by atoms with Crippen molar-refractivity contribution in [1.82, 2.24) is 0 Å². The van der Waals surface area contributed by atoms with Crippen LogP contribution in [0.15, 0.2) is 12.2 Å². The van der Waals surface area contributed by atoms with Gasteiger partial charge in [0.2, 0.25) is 12.6 Å². The van der Waals surface area contributed by atoms with Crippen LogP contribution in [0.4, 0.5) is 0 Å². The molecule has 0 amide bonds. The zero-order valence-electron chi connectivity index (χ0n) is 4.59. The molecule has 1 atom stereocenters. The molecule has 7 heavy (non-hydrogen) atoms. The van der Waals surface area contributed by atoms with E-state index in [0.717, 1.165) is 6.54 Å². The van der Waals surface area contributed by atoms with E-state index in [4.69, 9.17) is 0 Å².